The highest BCUT2D eigenvalue weighted by Gasteiger charge is 2.44. The molecule has 0 spiro atoms. The van der Waals surface area contributed by atoms with Crippen LogP contribution < -0.4 is 5.32 Å². The molecule has 1 aliphatic rings. The number of aromatic nitrogens is 1. The second-order valence-corrected chi connectivity index (χ2v) is 9.81. The molecule has 3 atom stereocenters. The van der Waals surface area contributed by atoms with Crippen LogP contribution in [0.3, 0.4) is 0 Å². The van der Waals surface area contributed by atoms with E-state index in [4.69, 9.17) is 0 Å². The molecule has 0 radical (unpaired) electrons. The van der Waals surface area contributed by atoms with Gasteiger partial charge in [-0.2, -0.15) is 0 Å². The quantitative estimate of drug-likeness (QED) is 0.666. The molecule has 166 valence electrons. The lowest BCUT2D eigenvalue weighted by Gasteiger charge is -2.30. The van der Waals surface area contributed by atoms with Gasteiger partial charge in [-0.1, -0.05) is 50.2 Å². The summed E-state index contributed by atoms with van der Waals surface area (Å²) in [6.07, 6.45) is -0.675. The van der Waals surface area contributed by atoms with Gasteiger partial charge in [0.1, 0.15) is 6.04 Å². The van der Waals surface area contributed by atoms with Gasteiger partial charge < -0.3 is 15.3 Å². The van der Waals surface area contributed by atoms with E-state index in [1.54, 1.807) is 32.1 Å². The third-order valence-corrected chi connectivity index (χ3v) is 6.43. The Hall–Kier alpha value is -2.65. The molecule has 1 aromatic carbocycles. The summed E-state index contributed by atoms with van der Waals surface area (Å²) in [4.78, 5) is 43.6. The SMILES string of the molecule is Cc1ncsc1-c1ccc(CNC(=O)[C@@H]2C[C@@H](O)CN2C(=O)[C@@H](N=O)C(C)(C)C)cc1. The second kappa shape index (κ2) is 9.23. The van der Waals surface area contributed by atoms with Crippen LogP contribution in [0.25, 0.3) is 10.4 Å². The largest absolute Gasteiger partial charge is 0.391 e. The number of hydrogen-bond donors (Lipinski definition) is 2. The lowest BCUT2D eigenvalue weighted by atomic mass is 9.86. The van der Waals surface area contributed by atoms with E-state index in [0.717, 1.165) is 21.7 Å². The van der Waals surface area contributed by atoms with Crippen molar-refractivity contribution in [2.45, 2.75) is 58.8 Å². The van der Waals surface area contributed by atoms with Crippen molar-refractivity contribution in [2.24, 2.45) is 10.6 Å². The molecule has 8 nitrogen and oxygen atoms in total. The zero-order chi connectivity index (χ0) is 22.8. The lowest BCUT2D eigenvalue weighted by Crippen LogP contribution is -2.51. The van der Waals surface area contributed by atoms with Crippen LogP contribution in [0.15, 0.2) is 35.0 Å². The summed E-state index contributed by atoms with van der Waals surface area (Å²) in [5, 5.41) is 15.9. The smallest absolute Gasteiger partial charge is 0.252 e. The van der Waals surface area contributed by atoms with Crippen LogP contribution in [0.5, 0.6) is 0 Å². The molecule has 2 N–H and O–H groups in total. The summed E-state index contributed by atoms with van der Waals surface area (Å²) in [7, 11) is 0. The summed E-state index contributed by atoms with van der Waals surface area (Å²) in [6.45, 7) is 7.52. The van der Waals surface area contributed by atoms with Gasteiger partial charge in [-0.05, 0) is 23.5 Å². The summed E-state index contributed by atoms with van der Waals surface area (Å²) >= 11 is 1.58. The Morgan fingerprint density at radius 3 is 2.55 bits per heavy atom. The molecule has 0 aliphatic carbocycles. The maximum Gasteiger partial charge on any atom is 0.252 e. The molecule has 3 rings (SSSR count). The Morgan fingerprint density at radius 2 is 2.00 bits per heavy atom. The standard InChI is InChI=1S/C22H28N4O4S/c1-13-18(31-12-24-13)15-7-5-14(6-8-15)10-23-20(28)17-9-16(27)11-26(17)21(29)19(25-30)22(2,3)4/h5-8,12,16-17,19,27H,9-11H2,1-4H3,(H,23,28)/t16-,17+,19-/m1/s1. The Morgan fingerprint density at radius 1 is 1.32 bits per heavy atom. The molecule has 1 fully saturated rings. The molecule has 0 saturated carbocycles. The van der Waals surface area contributed by atoms with Crippen LogP contribution in [0.4, 0.5) is 0 Å². The zero-order valence-corrected chi connectivity index (χ0v) is 19.0. The third kappa shape index (κ3) is 5.16. The highest BCUT2D eigenvalue weighted by Crippen LogP contribution is 2.29. The topological polar surface area (TPSA) is 112 Å². The van der Waals surface area contributed by atoms with Gasteiger partial charge in [0, 0.05) is 19.5 Å². The number of carbonyl (C=O) groups is 2. The molecule has 2 amide bonds. The minimum atomic E-state index is -1.11. The Bertz CT molecular complexity index is 951. The second-order valence-electron chi connectivity index (χ2n) is 8.95. The third-order valence-electron chi connectivity index (χ3n) is 5.45. The number of benzene rings is 1. The number of aliphatic hydroxyl groups excluding tert-OH is 1. The van der Waals surface area contributed by atoms with Crippen LogP contribution in [0, 0.1) is 17.2 Å². The molecular formula is C22H28N4O4S. The maximum absolute atomic E-state index is 12.9. The van der Waals surface area contributed by atoms with E-state index < -0.39 is 29.5 Å². The van der Waals surface area contributed by atoms with Crippen molar-refractivity contribution >= 4 is 23.2 Å². The van der Waals surface area contributed by atoms with E-state index in [0.29, 0.717) is 6.54 Å². The molecule has 2 aromatic rings. The highest BCUT2D eigenvalue weighted by atomic mass is 32.1. The number of β-amino-alcohol motifs (C(OH)–C–C–N with tert-alkyl or cyclic N) is 1. The first-order valence-corrected chi connectivity index (χ1v) is 11.1. The lowest BCUT2D eigenvalue weighted by molar-refractivity contribution is -0.141. The first-order chi connectivity index (χ1) is 14.6. The predicted octanol–water partition coefficient (Wildman–Crippen LogP) is 2.88. The van der Waals surface area contributed by atoms with Crippen molar-refractivity contribution in [3.63, 3.8) is 0 Å². The molecule has 0 unspecified atom stereocenters. The number of aryl methyl sites for hydroxylation is 1. The van der Waals surface area contributed by atoms with Crippen LogP contribution in [-0.2, 0) is 16.1 Å². The number of nitroso groups, excluding NO2 is 1. The van der Waals surface area contributed by atoms with E-state index in [1.165, 1.54) is 4.90 Å². The maximum atomic E-state index is 12.9. The number of rotatable bonds is 6. The van der Waals surface area contributed by atoms with Gasteiger partial charge in [0.15, 0.2) is 6.04 Å². The van der Waals surface area contributed by atoms with E-state index >= 15 is 0 Å². The molecule has 31 heavy (non-hydrogen) atoms. The van der Waals surface area contributed by atoms with Crippen molar-refractivity contribution in [3.8, 4) is 10.4 Å². The number of carbonyl (C=O) groups excluding carboxylic acids is 2. The predicted molar refractivity (Wildman–Crippen MR) is 119 cm³/mol. The summed E-state index contributed by atoms with van der Waals surface area (Å²) < 4.78 is 0. The number of nitrogens with one attached hydrogen (secondary N) is 1. The molecule has 1 aromatic heterocycles. The van der Waals surface area contributed by atoms with Crippen molar-refractivity contribution < 1.29 is 14.7 Å². The monoisotopic (exact) mass is 444 g/mol. The minimum absolute atomic E-state index is 0.0158. The summed E-state index contributed by atoms with van der Waals surface area (Å²) in [6, 6.07) is 5.91. The van der Waals surface area contributed by atoms with Crippen molar-refractivity contribution in [2.75, 3.05) is 6.54 Å². The highest BCUT2D eigenvalue weighted by molar-refractivity contribution is 7.13. The average Bonchev–Trinajstić information content (AvgIpc) is 3.31. The van der Waals surface area contributed by atoms with Crippen LogP contribution >= 0.6 is 11.3 Å². The molecule has 1 aliphatic heterocycles. The molecule has 9 heteroatoms. The average molecular weight is 445 g/mol. The fourth-order valence-corrected chi connectivity index (χ4v) is 4.51. The Kier molecular flexibility index (Phi) is 6.86. The number of aliphatic hydroxyl groups is 1. The van der Waals surface area contributed by atoms with Gasteiger partial charge in [-0.25, -0.2) is 4.98 Å². The minimum Gasteiger partial charge on any atom is -0.391 e. The normalized spacial score (nSPS) is 19.8. The van der Waals surface area contributed by atoms with E-state index in [9.17, 15) is 19.6 Å². The number of thiazole rings is 1. The van der Waals surface area contributed by atoms with E-state index in [-0.39, 0.29) is 18.9 Å². The fraction of sp³-hybridized carbons (Fsp3) is 0.500. The van der Waals surface area contributed by atoms with E-state index in [2.05, 4.69) is 15.5 Å². The van der Waals surface area contributed by atoms with Gasteiger partial charge in [0.05, 0.1) is 22.2 Å². The molecule has 1 saturated heterocycles. The van der Waals surface area contributed by atoms with E-state index in [1.807, 2.05) is 36.7 Å². The number of amides is 2. The van der Waals surface area contributed by atoms with Crippen molar-refractivity contribution in [1.29, 1.82) is 0 Å². The first-order valence-electron chi connectivity index (χ1n) is 10.2. The molecule has 0 bridgehead atoms. The van der Waals surface area contributed by atoms with Gasteiger partial charge in [-0.15, -0.1) is 16.2 Å². The molecular weight excluding hydrogens is 416 g/mol. The number of likely N-dealkylation sites (tertiary alicyclic amines) is 1. The fourth-order valence-electron chi connectivity index (χ4n) is 3.70. The van der Waals surface area contributed by atoms with Crippen molar-refractivity contribution in [3.05, 3.63) is 45.9 Å². The Labute approximate surface area is 185 Å². The number of hydrogen-bond acceptors (Lipinski definition) is 7. The van der Waals surface area contributed by atoms with Gasteiger partial charge in [0.2, 0.25) is 5.91 Å². The van der Waals surface area contributed by atoms with Gasteiger partial charge >= 0.3 is 0 Å². The van der Waals surface area contributed by atoms with Crippen molar-refractivity contribution in [1.82, 2.24) is 15.2 Å². The Balaban J connectivity index is 1.65. The van der Waals surface area contributed by atoms with Crippen LogP contribution in [0.2, 0.25) is 0 Å². The number of nitrogens with zero attached hydrogens (tertiary/aromatic N) is 3. The van der Waals surface area contributed by atoms with Crippen LogP contribution in [0.1, 0.15) is 38.4 Å². The van der Waals surface area contributed by atoms with Gasteiger partial charge in [0.25, 0.3) is 5.91 Å². The zero-order valence-electron chi connectivity index (χ0n) is 18.2. The van der Waals surface area contributed by atoms with Gasteiger partial charge in [-0.3, -0.25) is 9.59 Å². The summed E-state index contributed by atoms with van der Waals surface area (Å²) in [5.41, 5.74) is 4.10. The summed E-state index contributed by atoms with van der Waals surface area (Å²) in [5.74, 6) is -0.880. The first kappa shape index (κ1) is 23.0. The molecule has 2 heterocycles. The van der Waals surface area contributed by atoms with Crippen LogP contribution in [-0.4, -0.2) is 51.5 Å².